The van der Waals surface area contributed by atoms with Crippen molar-refractivity contribution in [3.8, 4) is 29.1 Å². The van der Waals surface area contributed by atoms with E-state index in [0.29, 0.717) is 44.7 Å². The highest BCUT2D eigenvalue weighted by Crippen LogP contribution is 2.56. The number of allylic oxidation sites excluding steroid dienone is 5. The van der Waals surface area contributed by atoms with E-state index in [-0.39, 0.29) is 16.9 Å². The largest absolute Gasteiger partial charge is 0.507 e. The summed E-state index contributed by atoms with van der Waals surface area (Å²) in [4.78, 5) is 4.41. The number of benzene rings is 2. The molecule has 0 fully saturated rings. The molecule has 2 aliphatic rings. The third-order valence-electron chi connectivity index (χ3n) is 5.49. The van der Waals surface area contributed by atoms with Crippen molar-refractivity contribution in [3.05, 3.63) is 100 Å². The minimum Gasteiger partial charge on any atom is -0.507 e. The van der Waals surface area contributed by atoms with Crippen LogP contribution in [-0.4, -0.2) is 10.1 Å². The van der Waals surface area contributed by atoms with E-state index in [4.69, 9.17) is 0 Å². The highest BCUT2D eigenvalue weighted by Gasteiger charge is 2.37. The van der Waals surface area contributed by atoms with E-state index in [1.165, 1.54) is 12.1 Å². The fourth-order valence-corrected chi connectivity index (χ4v) is 4.35. The number of halogens is 2. The summed E-state index contributed by atoms with van der Waals surface area (Å²) in [7, 11) is 0. The van der Waals surface area contributed by atoms with Crippen LogP contribution in [0.15, 0.2) is 66.4 Å². The van der Waals surface area contributed by atoms with Gasteiger partial charge in [-0.05, 0) is 29.3 Å². The SMILES string of the molecule is N#C/C=C1C(=C2\c3cccnc3-c3c(O)cccc32)/C(=C/C#N)c2ccc(F)c(F)c2/1. The molecule has 1 heterocycles. The molecule has 6 heteroatoms. The second-order valence-electron chi connectivity index (χ2n) is 7.01. The van der Waals surface area contributed by atoms with Gasteiger partial charge in [-0.3, -0.25) is 4.98 Å². The molecule has 0 saturated heterocycles. The van der Waals surface area contributed by atoms with Gasteiger partial charge < -0.3 is 5.11 Å². The first-order valence-electron chi connectivity index (χ1n) is 9.30. The smallest absolute Gasteiger partial charge is 0.167 e. The lowest BCUT2D eigenvalue weighted by atomic mass is 9.91. The van der Waals surface area contributed by atoms with Gasteiger partial charge in [-0.2, -0.15) is 10.5 Å². The molecule has 0 spiro atoms. The number of fused-ring (bicyclic) bond motifs is 4. The maximum Gasteiger partial charge on any atom is 0.167 e. The second-order valence-corrected chi connectivity index (χ2v) is 7.01. The van der Waals surface area contributed by atoms with Crippen molar-refractivity contribution in [2.24, 2.45) is 0 Å². The summed E-state index contributed by atoms with van der Waals surface area (Å²) >= 11 is 0. The molecule has 0 aliphatic heterocycles. The fraction of sp³-hybridized carbons (Fsp3) is 0. The van der Waals surface area contributed by atoms with Gasteiger partial charge in [0.05, 0.1) is 23.4 Å². The first kappa shape index (κ1) is 18.5. The van der Waals surface area contributed by atoms with Crippen LogP contribution in [0, 0.1) is 34.3 Å². The third kappa shape index (κ3) is 2.46. The highest BCUT2D eigenvalue weighted by molar-refractivity contribution is 6.19. The maximum atomic E-state index is 14.9. The van der Waals surface area contributed by atoms with Crippen LogP contribution in [0.25, 0.3) is 28.0 Å². The van der Waals surface area contributed by atoms with Crippen LogP contribution in [0.2, 0.25) is 0 Å². The number of aromatic nitrogens is 1. The van der Waals surface area contributed by atoms with E-state index in [2.05, 4.69) is 4.98 Å². The Morgan fingerprint density at radius 3 is 2.32 bits per heavy atom. The van der Waals surface area contributed by atoms with Gasteiger partial charge in [0, 0.05) is 51.8 Å². The van der Waals surface area contributed by atoms with E-state index < -0.39 is 11.6 Å². The number of hydrogen-bond donors (Lipinski definition) is 1. The number of hydrogen-bond acceptors (Lipinski definition) is 4. The molecule has 2 aliphatic carbocycles. The van der Waals surface area contributed by atoms with E-state index in [0.717, 1.165) is 12.1 Å². The van der Waals surface area contributed by atoms with Crippen molar-refractivity contribution < 1.29 is 13.9 Å². The lowest BCUT2D eigenvalue weighted by Gasteiger charge is -2.11. The van der Waals surface area contributed by atoms with Gasteiger partial charge in [0.15, 0.2) is 11.6 Å². The fourth-order valence-electron chi connectivity index (χ4n) is 4.35. The average molecular weight is 407 g/mol. The van der Waals surface area contributed by atoms with E-state index >= 15 is 0 Å². The quantitative estimate of drug-likeness (QED) is 0.397. The highest BCUT2D eigenvalue weighted by atomic mass is 19.2. The normalized spacial score (nSPS) is 18.5. The molecule has 0 saturated carbocycles. The Hall–Kier alpha value is -4.55. The van der Waals surface area contributed by atoms with Gasteiger partial charge in [0.2, 0.25) is 0 Å². The lowest BCUT2D eigenvalue weighted by molar-refractivity contribution is 0.477. The predicted octanol–water partition coefficient (Wildman–Crippen LogP) is 5.38. The average Bonchev–Trinajstić information content (AvgIpc) is 3.25. The van der Waals surface area contributed by atoms with Crippen molar-refractivity contribution in [1.29, 1.82) is 10.5 Å². The maximum absolute atomic E-state index is 14.9. The van der Waals surface area contributed by atoms with Crippen molar-refractivity contribution in [1.82, 2.24) is 4.98 Å². The Kier molecular flexibility index (Phi) is 4.03. The molecule has 0 bridgehead atoms. The Labute approximate surface area is 176 Å². The van der Waals surface area contributed by atoms with Gasteiger partial charge in [-0.15, -0.1) is 0 Å². The number of pyridine rings is 1. The summed E-state index contributed by atoms with van der Waals surface area (Å²) in [5.41, 5.74) is 4.16. The summed E-state index contributed by atoms with van der Waals surface area (Å²) in [6, 6.07) is 14.8. The van der Waals surface area contributed by atoms with Crippen LogP contribution >= 0.6 is 0 Å². The number of phenols is 1. The Balaban J connectivity index is 2.00. The molecule has 1 aromatic heterocycles. The molecular weight excluding hydrogens is 396 g/mol. The number of aromatic hydroxyl groups is 1. The topological polar surface area (TPSA) is 80.7 Å². The number of phenolic OH excluding ortho intramolecular Hbond substituents is 1. The Morgan fingerprint density at radius 1 is 0.806 bits per heavy atom. The summed E-state index contributed by atoms with van der Waals surface area (Å²) < 4.78 is 29.0. The summed E-state index contributed by atoms with van der Waals surface area (Å²) in [5.74, 6) is -2.10. The van der Waals surface area contributed by atoms with Gasteiger partial charge in [-0.1, -0.05) is 24.3 Å². The van der Waals surface area contributed by atoms with E-state index in [9.17, 15) is 24.4 Å². The standard InChI is InChI=1S/C25H11F2N3O/c26-18-7-6-13-14(8-10-28)20(16(9-11-29)22(13)24(18)27)21-15-3-1-5-19(31)23(15)25-17(21)4-2-12-30-25/h1-9,12,31H/b14-8+,16-9-,21-20-. The lowest BCUT2D eigenvalue weighted by Crippen LogP contribution is -1.93. The van der Waals surface area contributed by atoms with Crippen molar-refractivity contribution in [3.63, 3.8) is 0 Å². The van der Waals surface area contributed by atoms with Crippen molar-refractivity contribution in [2.75, 3.05) is 0 Å². The van der Waals surface area contributed by atoms with Gasteiger partial charge in [-0.25, -0.2) is 8.78 Å². The Morgan fingerprint density at radius 2 is 1.55 bits per heavy atom. The minimum atomic E-state index is -1.08. The zero-order valence-electron chi connectivity index (χ0n) is 15.8. The van der Waals surface area contributed by atoms with E-state index in [1.54, 1.807) is 36.5 Å². The van der Waals surface area contributed by atoms with Crippen molar-refractivity contribution in [2.45, 2.75) is 0 Å². The monoisotopic (exact) mass is 407 g/mol. The Bertz CT molecular complexity index is 1480. The third-order valence-corrected chi connectivity index (χ3v) is 5.49. The van der Waals surface area contributed by atoms with Crippen molar-refractivity contribution >= 4 is 16.7 Å². The summed E-state index contributed by atoms with van der Waals surface area (Å²) in [5, 5.41) is 29.4. The van der Waals surface area contributed by atoms with Crippen LogP contribution in [0.4, 0.5) is 8.78 Å². The molecular formula is C25H11F2N3O. The number of nitriles is 2. The molecule has 5 rings (SSSR count). The number of nitrogens with zero attached hydrogens (tertiary/aromatic N) is 3. The van der Waals surface area contributed by atoms with Gasteiger partial charge >= 0.3 is 0 Å². The molecule has 0 amide bonds. The van der Waals surface area contributed by atoms with Crippen LogP contribution in [0.3, 0.4) is 0 Å². The minimum absolute atomic E-state index is 0.0254. The molecule has 3 aromatic rings. The first-order valence-corrected chi connectivity index (χ1v) is 9.30. The van der Waals surface area contributed by atoms with Gasteiger partial charge in [0.25, 0.3) is 0 Å². The molecule has 0 radical (unpaired) electrons. The second kappa shape index (κ2) is 6.76. The molecule has 0 unspecified atom stereocenters. The summed E-state index contributed by atoms with van der Waals surface area (Å²) in [6.07, 6.45) is 4.01. The van der Waals surface area contributed by atoms with E-state index in [1.807, 2.05) is 12.1 Å². The summed E-state index contributed by atoms with van der Waals surface area (Å²) in [6.45, 7) is 0. The molecule has 31 heavy (non-hydrogen) atoms. The molecule has 0 atom stereocenters. The molecule has 146 valence electrons. The number of rotatable bonds is 0. The van der Waals surface area contributed by atoms with Crippen LogP contribution in [-0.2, 0) is 0 Å². The first-order chi connectivity index (χ1) is 15.1. The molecule has 2 aromatic carbocycles. The van der Waals surface area contributed by atoms with Crippen LogP contribution < -0.4 is 0 Å². The van der Waals surface area contributed by atoms with Crippen LogP contribution in [0.1, 0.15) is 22.3 Å². The zero-order valence-corrected chi connectivity index (χ0v) is 15.8. The molecule has 1 N–H and O–H groups in total. The van der Waals surface area contributed by atoms with Gasteiger partial charge in [0.1, 0.15) is 5.75 Å². The zero-order chi connectivity index (χ0) is 21.7. The predicted molar refractivity (Wildman–Crippen MR) is 111 cm³/mol. The van der Waals surface area contributed by atoms with Crippen LogP contribution in [0.5, 0.6) is 5.75 Å². The molecule has 4 nitrogen and oxygen atoms in total.